The molecule has 1 fully saturated rings. The topological polar surface area (TPSA) is 78.6 Å². The van der Waals surface area contributed by atoms with Crippen molar-refractivity contribution in [1.82, 2.24) is 0 Å². The maximum Gasteiger partial charge on any atom is 0.241 e. The standard InChI is InChI=1S/C14H20BrNO4S/c1-9-6-10(15)7-13(21(16,17)18)14(9)20-12-5-3-4-11(8-12)19-2/h6-7,11-12H,3-5,8H2,1-2H3,(H2,16,17,18). The average molecular weight is 378 g/mol. The Labute approximate surface area is 134 Å². The molecule has 2 N–H and O–H groups in total. The predicted octanol–water partition coefficient (Wildman–Crippen LogP) is 2.74. The molecule has 0 aliphatic heterocycles. The summed E-state index contributed by atoms with van der Waals surface area (Å²) >= 11 is 3.29. The lowest BCUT2D eigenvalue weighted by Crippen LogP contribution is -2.30. The van der Waals surface area contributed by atoms with Gasteiger partial charge in [-0.3, -0.25) is 0 Å². The van der Waals surface area contributed by atoms with Crippen LogP contribution in [0.1, 0.15) is 31.2 Å². The zero-order valence-electron chi connectivity index (χ0n) is 12.1. The van der Waals surface area contributed by atoms with E-state index in [1.807, 2.05) is 13.0 Å². The Hall–Kier alpha value is -0.630. The summed E-state index contributed by atoms with van der Waals surface area (Å²) in [6.45, 7) is 1.81. The summed E-state index contributed by atoms with van der Waals surface area (Å²) in [7, 11) is -2.15. The summed E-state index contributed by atoms with van der Waals surface area (Å²) in [5.41, 5.74) is 0.743. The highest BCUT2D eigenvalue weighted by atomic mass is 79.9. The second-order valence-electron chi connectivity index (χ2n) is 5.36. The van der Waals surface area contributed by atoms with Gasteiger partial charge in [-0.25, -0.2) is 13.6 Å². The number of primary sulfonamides is 1. The average Bonchev–Trinajstić information content (AvgIpc) is 2.40. The Morgan fingerprint density at radius 1 is 1.29 bits per heavy atom. The molecule has 21 heavy (non-hydrogen) atoms. The van der Waals surface area contributed by atoms with E-state index < -0.39 is 10.0 Å². The zero-order valence-corrected chi connectivity index (χ0v) is 14.5. The molecule has 2 unspecified atom stereocenters. The number of hydrogen-bond donors (Lipinski definition) is 1. The Kier molecular flexibility index (Phi) is 5.29. The van der Waals surface area contributed by atoms with Crippen LogP contribution >= 0.6 is 15.9 Å². The third-order valence-electron chi connectivity index (χ3n) is 3.71. The van der Waals surface area contributed by atoms with E-state index in [0.29, 0.717) is 10.2 Å². The van der Waals surface area contributed by atoms with Crippen LogP contribution in [0.5, 0.6) is 5.75 Å². The second-order valence-corrected chi connectivity index (χ2v) is 7.80. The van der Waals surface area contributed by atoms with Crippen LogP contribution in [-0.4, -0.2) is 27.7 Å². The Bertz CT molecular complexity index is 618. The van der Waals surface area contributed by atoms with Crippen molar-refractivity contribution >= 4 is 26.0 Å². The van der Waals surface area contributed by atoms with Gasteiger partial charge in [0.2, 0.25) is 10.0 Å². The fourth-order valence-corrected chi connectivity index (χ4v) is 4.13. The number of halogens is 1. The molecule has 118 valence electrons. The molecule has 0 heterocycles. The molecule has 0 saturated heterocycles. The van der Waals surface area contributed by atoms with Crippen LogP contribution in [-0.2, 0) is 14.8 Å². The minimum Gasteiger partial charge on any atom is -0.489 e. The summed E-state index contributed by atoms with van der Waals surface area (Å²) < 4.78 is 35.6. The predicted molar refractivity (Wildman–Crippen MR) is 83.9 cm³/mol. The van der Waals surface area contributed by atoms with Crippen LogP contribution in [0, 0.1) is 6.92 Å². The molecule has 0 aromatic heterocycles. The van der Waals surface area contributed by atoms with Gasteiger partial charge >= 0.3 is 0 Å². The first-order chi connectivity index (χ1) is 9.81. The molecule has 0 amide bonds. The number of rotatable bonds is 4. The quantitative estimate of drug-likeness (QED) is 0.874. The van der Waals surface area contributed by atoms with Crippen LogP contribution in [0.15, 0.2) is 21.5 Å². The molecule has 7 heteroatoms. The van der Waals surface area contributed by atoms with Gasteiger partial charge in [-0.2, -0.15) is 0 Å². The molecule has 5 nitrogen and oxygen atoms in total. The fourth-order valence-electron chi connectivity index (χ4n) is 2.65. The maximum absolute atomic E-state index is 11.8. The van der Waals surface area contributed by atoms with Crippen LogP contribution in [0.3, 0.4) is 0 Å². The van der Waals surface area contributed by atoms with Crippen molar-refractivity contribution in [2.75, 3.05) is 7.11 Å². The molecule has 0 spiro atoms. The fraction of sp³-hybridized carbons (Fsp3) is 0.571. The van der Waals surface area contributed by atoms with Gasteiger partial charge in [0.05, 0.1) is 6.10 Å². The zero-order chi connectivity index (χ0) is 15.6. The minimum absolute atomic E-state index is 0.0221. The highest BCUT2D eigenvalue weighted by Gasteiger charge is 2.26. The number of sulfonamides is 1. The van der Waals surface area contributed by atoms with E-state index in [2.05, 4.69) is 15.9 Å². The van der Waals surface area contributed by atoms with Crippen LogP contribution in [0.2, 0.25) is 0 Å². The number of benzene rings is 1. The number of aryl methyl sites for hydroxylation is 1. The van der Waals surface area contributed by atoms with Gasteiger partial charge in [-0.05, 0) is 43.9 Å². The minimum atomic E-state index is -3.83. The first-order valence-electron chi connectivity index (χ1n) is 6.83. The van der Waals surface area contributed by atoms with E-state index >= 15 is 0 Å². The van der Waals surface area contributed by atoms with Crippen molar-refractivity contribution < 1.29 is 17.9 Å². The Balaban J connectivity index is 2.31. The van der Waals surface area contributed by atoms with Gasteiger partial charge in [-0.15, -0.1) is 0 Å². The first-order valence-corrected chi connectivity index (χ1v) is 9.17. The van der Waals surface area contributed by atoms with E-state index in [1.54, 1.807) is 7.11 Å². The third-order valence-corrected chi connectivity index (χ3v) is 5.08. The van der Waals surface area contributed by atoms with E-state index in [4.69, 9.17) is 14.6 Å². The normalized spacial score (nSPS) is 23.0. The summed E-state index contributed by atoms with van der Waals surface area (Å²) in [6, 6.07) is 3.30. The van der Waals surface area contributed by atoms with Crippen LogP contribution in [0.25, 0.3) is 0 Å². The molecule has 2 atom stereocenters. The van der Waals surface area contributed by atoms with Crippen molar-refractivity contribution in [3.8, 4) is 5.75 Å². The second kappa shape index (κ2) is 6.64. The van der Waals surface area contributed by atoms with Gasteiger partial charge in [0, 0.05) is 18.0 Å². The molecule has 1 aromatic rings. The molecule has 1 saturated carbocycles. The van der Waals surface area contributed by atoms with E-state index in [1.165, 1.54) is 6.07 Å². The lowest BCUT2D eigenvalue weighted by atomic mass is 9.95. The van der Waals surface area contributed by atoms with Gasteiger partial charge in [0.1, 0.15) is 16.7 Å². The lowest BCUT2D eigenvalue weighted by Gasteiger charge is -2.29. The molecule has 2 rings (SSSR count). The molecular formula is C14H20BrNO4S. The number of hydrogen-bond acceptors (Lipinski definition) is 4. The van der Waals surface area contributed by atoms with Crippen LogP contribution in [0.4, 0.5) is 0 Å². The van der Waals surface area contributed by atoms with Crippen LogP contribution < -0.4 is 9.88 Å². The monoisotopic (exact) mass is 377 g/mol. The summed E-state index contributed by atoms with van der Waals surface area (Å²) in [5.74, 6) is 0.349. The van der Waals surface area contributed by atoms with Crippen molar-refractivity contribution in [3.63, 3.8) is 0 Å². The summed E-state index contributed by atoms with van der Waals surface area (Å²) in [6.07, 6.45) is 3.78. The third kappa shape index (κ3) is 4.18. The van der Waals surface area contributed by atoms with Gasteiger partial charge < -0.3 is 9.47 Å². The summed E-state index contributed by atoms with van der Waals surface area (Å²) in [5, 5.41) is 5.30. The lowest BCUT2D eigenvalue weighted by molar-refractivity contribution is 0.0198. The van der Waals surface area contributed by atoms with Crippen molar-refractivity contribution in [1.29, 1.82) is 0 Å². The number of nitrogens with two attached hydrogens (primary N) is 1. The van der Waals surface area contributed by atoms with Gasteiger partial charge in [-0.1, -0.05) is 15.9 Å². The van der Waals surface area contributed by atoms with E-state index in [9.17, 15) is 8.42 Å². The molecule has 1 aliphatic rings. The number of methoxy groups -OCH3 is 1. The molecule has 1 aliphatic carbocycles. The SMILES string of the molecule is COC1CCCC(Oc2c(C)cc(Br)cc2S(N)(=O)=O)C1. The molecule has 1 aromatic carbocycles. The highest BCUT2D eigenvalue weighted by Crippen LogP contribution is 2.34. The maximum atomic E-state index is 11.8. The Morgan fingerprint density at radius 2 is 1.95 bits per heavy atom. The highest BCUT2D eigenvalue weighted by molar-refractivity contribution is 9.10. The van der Waals surface area contributed by atoms with E-state index in [0.717, 1.165) is 31.2 Å². The number of ether oxygens (including phenoxy) is 2. The first kappa shape index (κ1) is 16.7. The summed E-state index contributed by atoms with van der Waals surface area (Å²) in [4.78, 5) is 0.0221. The van der Waals surface area contributed by atoms with Gasteiger partial charge in [0.15, 0.2) is 0 Å². The largest absolute Gasteiger partial charge is 0.489 e. The Morgan fingerprint density at radius 3 is 2.57 bits per heavy atom. The van der Waals surface area contributed by atoms with Crippen molar-refractivity contribution in [2.24, 2.45) is 5.14 Å². The molecule has 0 radical (unpaired) electrons. The van der Waals surface area contributed by atoms with Crippen molar-refractivity contribution in [3.05, 3.63) is 22.2 Å². The smallest absolute Gasteiger partial charge is 0.241 e. The van der Waals surface area contributed by atoms with Crippen molar-refractivity contribution in [2.45, 2.75) is 49.7 Å². The van der Waals surface area contributed by atoms with E-state index in [-0.39, 0.29) is 17.1 Å². The molecular weight excluding hydrogens is 358 g/mol. The van der Waals surface area contributed by atoms with Gasteiger partial charge in [0.25, 0.3) is 0 Å². The molecule has 0 bridgehead atoms.